The van der Waals surface area contributed by atoms with Crippen molar-refractivity contribution in [2.45, 2.75) is 26.3 Å². The molecule has 12 heavy (non-hydrogen) atoms. The summed E-state index contributed by atoms with van der Waals surface area (Å²) in [4.78, 5) is 2.14. The quantitative estimate of drug-likeness (QED) is 0.825. The molecule has 1 rings (SSSR count). The van der Waals surface area contributed by atoms with Crippen molar-refractivity contribution in [3.8, 4) is 0 Å². The van der Waals surface area contributed by atoms with Crippen LogP contribution in [-0.2, 0) is 0 Å². The molecule has 0 amide bonds. The molecule has 1 unspecified atom stereocenters. The van der Waals surface area contributed by atoms with Gasteiger partial charge in [-0.25, -0.2) is 0 Å². The Kier molecular flexibility index (Phi) is 3.46. The Labute approximate surface area is 84.9 Å². The lowest BCUT2D eigenvalue weighted by Gasteiger charge is -2.21. The number of rotatable bonds is 3. The molecule has 3 nitrogen and oxygen atoms in total. The van der Waals surface area contributed by atoms with Crippen LogP contribution in [0.15, 0.2) is 3.92 Å². The van der Waals surface area contributed by atoms with Crippen molar-refractivity contribution >= 4 is 32.4 Å². The van der Waals surface area contributed by atoms with Gasteiger partial charge in [0.15, 0.2) is 3.92 Å². The lowest BCUT2D eigenvalue weighted by atomic mass is 10.2. The predicted octanol–water partition coefficient (Wildman–Crippen LogP) is 2.54. The topological polar surface area (TPSA) is 29.0 Å². The third-order valence-corrected chi connectivity index (χ3v) is 3.39. The second-order valence-corrected chi connectivity index (χ2v) is 4.94. The molecule has 1 aromatic rings. The number of anilines is 1. The molecule has 1 atom stereocenters. The van der Waals surface area contributed by atoms with E-state index in [9.17, 15) is 0 Å². The molecule has 0 aliphatic heterocycles. The average molecular weight is 250 g/mol. The highest BCUT2D eigenvalue weighted by molar-refractivity contribution is 9.11. The van der Waals surface area contributed by atoms with Gasteiger partial charge in [-0.15, -0.1) is 10.2 Å². The number of hydrogen-bond donors (Lipinski definition) is 0. The van der Waals surface area contributed by atoms with Crippen LogP contribution in [0.1, 0.15) is 20.3 Å². The SMILES string of the molecule is CCC(C)N(C)c1nnc(Br)s1. The summed E-state index contributed by atoms with van der Waals surface area (Å²) >= 11 is 4.85. The summed E-state index contributed by atoms with van der Waals surface area (Å²) in [5.41, 5.74) is 0. The molecule has 1 heterocycles. The van der Waals surface area contributed by atoms with Crippen molar-refractivity contribution in [1.29, 1.82) is 0 Å². The van der Waals surface area contributed by atoms with Crippen LogP contribution in [0.3, 0.4) is 0 Å². The van der Waals surface area contributed by atoms with Gasteiger partial charge in [0.25, 0.3) is 0 Å². The normalized spacial score (nSPS) is 13.0. The lowest BCUT2D eigenvalue weighted by molar-refractivity contribution is 0.659. The van der Waals surface area contributed by atoms with E-state index in [0.717, 1.165) is 15.5 Å². The third-order valence-electron chi connectivity index (χ3n) is 1.94. The van der Waals surface area contributed by atoms with Crippen LogP contribution in [0, 0.1) is 0 Å². The summed E-state index contributed by atoms with van der Waals surface area (Å²) in [6.07, 6.45) is 1.12. The zero-order chi connectivity index (χ0) is 9.14. The Morgan fingerprint density at radius 2 is 2.25 bits per heavy atom. The minimum Gasteiger partial charge on any atom is -0.347 e. The highest BCUT2D eigenvalue weighted by Crippen LogP contribution is 2.24. The molecular formula is C7H12BrN3S. The van der Waals surface area contributed by atoms with Gasteiger partial charge in [0.05, 0.1) is 0 Å². The summed E-state index contributed by atoms with van der Waals surface area (Å²) < 4.78 is 0.840. The van der Waals surface area contributed by atoms with E-state index in [1.807, 2.05) is 7.05 Å². The molecular weight excluding hydrogens is 238 g/mol. The minimum atomic E-state index is 0.518. The lowest BCUT2D eigenvalue weighted by Crippen LogP contribution is -2.27. The van der Waals surface area contributed by atoms with Crippen molar-refractivity contribution in [2.24, 2.45) is 0 Å². The molecule has 0 saturated heterocycles. The smallest absolute Gasteiger partial charge is 0.209 e. The Hall–Kier alpha value is -0.160. The monoisotopic (exact) mass is 249 g/mol. The van der Waals surface area contributed by atoms with Gasteiger partial charge in [0.1, 0.15) is 0 Å². The Morgan fingerprint density at radius 1 is 1.58 bits per heavy atom. The van der Waals surface area contributed by atoms with Crippen molar-refractivity contribution in [2.75, 3.05) is 11.9 Å². The first-order valence-corrected chi connectivity index (χ1v) is 5.48. The fourth-order valence-corrected chi connectivity index (χ4v) is 1.95. The van der Waals surface area contributed by atoms with Crippen LogP contribution in [0.5, 0.6) is 0 Å². The molecule has 0 aromatic carbocycles. The standard InChI is InChI=1S/C7H12BrN3S/c1-4-5(2)11(3)7-10-9-6(8)12-7/h5H,4H2,1-3H3. The van der Waals surface area contributed by atoms with Gasteiger partial charge in [-0.2, -0.15) is 0 Å². The maximum Gasteiger partial charge on any atom is 0.209 e. The summed E-state index contributed by atoms with van der Waals surface area (Å²) in [6, 6.07) is 0.518. The number of hydrogen-bond acceptors (Lipinski definition) is 4. The van der Waals surface area contributed by atoms with E-state index in [2.05, 4.69) is 44.9 Å². The maximum absolute atomic E-state index is 4.03. The van der Waals surface area contributed by atoms with Gasteiger partial charge in [-0.05, 0) is 29.3 Å². The summed E-state index contributed by atoms with van der Waals surface area (Å²) in [6.45, 7) is 4.34. The first-order chi connectivity index (χ1) is 5.65. The van der Waals surface area contributed by atoms with E-state index < -0.39 is 0 Å². The van der Waals surface area contributed by atoms with Crippen LogP contribution in [0.4, 0.5) is 5.13 Å². The highest BCUT2D eigenvalue weighted by atomic mass is 79.9. The molecule has 0 fully saturated rings. The van der Waals surface area contributed by atoms with Gasteiger partial charge < -0.3 is 4.90 Å². The molecule has 0 aliphatic carbocycles. The summed E-state index contributed by atoms with van der Waals surface area (Å²) in [5.74, 6) is 0. The van der Waals surface area contributed by atoms with Crippen LogP contribution >= 0.6 is 27.3 Å². The zero-order valence-corrected chi connectivity index (χ0v) is 9.81. The summed E-state index contributed by atoms with van der Waals surface area (Å²) in [5, 5.41) is 8.90. The van der Waals surface area contributed by atoms with E-state index in [0.29, 0.717) is 6.04 Å². The van der Waals surface area contributed by atoms with E-state index in [1.165, 1.54) is 0 Å². The number of aromatic nitrogens is 2. The fraction of sp³-hybridized carbons (Fsp3) is 0.714. The van der Waals surface area contributed by atoms with Crippen LogP contribution < -0.4 is 4.90 Å². The Balaban J connectivity index is 2.70. The van der Waals surface area contributed by atoms with Crippen molar-refractivity contribution in [3.63, 3.8) is 0 Å². The van der Waals surface area contributed by atoms with Gasteiger partial charge in [-0.1, -0.05) is 18.3 Å². The molecule has 0 aliphatic rings. The van der Waals surface area contributed by atoms with E-state index in [1.54, 1.807) is 11.3 Å². The highest BCUT2D eigenvalue weighted by Gasteiger charge is 2.11. The van der Waals surface area contributed by atoms with E-state index in [-0.39, 0.29) is 0 Å². The zero-order valence-electron chi connectivity index (χ0n) is 7.41. The maximum atomic E-state index is 4.03. The van der Waals surface area contributed by atoms with Gasteiger partial charge >= 0.3 is 0 Å². The first kappa shape index (κ1) is 9.92. The largest absolute Gasteiger partial charge is 0.347 e. The third kappa shape index (κ3) is 2.17. The van der Waals surface area contributed by atoms with Crippen LogP contribution in [0.25, 0.3) is 0 Å². The fourth-order valence-electron chi connectivity index (χ4n) is 0.803. The second-order valence-electron chi connectivity index (χ2n) is 2.71. The van der Waals surface area contributed by atoms with Crippen LogP contribution in [-0.4, -0.2) is 23.3 Å². The molecule has 0 N–H and O–H groups in total. The molecule has 0 radical (unpaired) electrons. The molecule has 68 valence electrons. The Bertz CT molecular complexity index is 251. The first-order valence-electron chi connectivity index (χ1n) is 3.87. The second kappa shape index (κ2) is 4.18. The average Bonchev–Trinajstić information content (AvgIpc) is 2.49. The van der Waals surface area contributed by atoms with E-state index in [4.69, 9.17) is 0 Å². The molecule has 0 spiro atoms. The molecule has 5 heteroatoms. The van der Waals surface area contributed by atoms with Crippen molar-refractivity contribution < 1.29 is 0 Å². The summed E-state index contributed by atoms with van der Waals surface area (Å²) in [7, 11) is 2.04. The minimum absolute atomic E-state index is 0.518. The Morgan fingerprint density at radius 3 is 2.67 bits per heavy atom. The predicted molar refractivity (Wildman–Crippen MR) is 55.8 cm³/mol. The van der Waals surface area contributed by atoms with Crippen molar-refractivity contribution in [1.82, 2.24) is 10.2 Å². The molecule has 0 bridgehead atoms. The molecule has 1 aromatic heterocycles. The van der Waals surface area contributed by atoms with Gasteiger partial charge in [-0.3, -0.25) is 0 Å². The van der Waals surface area contributed by atoms with Crippen LogP contribution in [0.2, 0.25) is 0 Å². The molecule has 0 saturated carbocycles. The van der Waals surface area contributed by atoms with Gasteiger partial charge in [0, 0.05) is 13.1 Å². The van der Waals surface area contributed by atoms with Gasteiger partial charge in [0.2, 0.25) is 5.13 Å². The van der Waals surface area contributed by atoms with E-state index >= 15 is 0 Å². The number of nitrogens with zero attached hydrogens (tertiary/aromatic N) is 3. The van der Waals surface area contributed by atoms with Crippen molar-refractivity contribution in [3.05, 3.63) is 3.92 Å². The number of halogens is 1.